The Bertz CT molecular complexity index is 2590. The van der Waals surface area contributed by atoms with Crippen molar-refractivity contribution in [2.45, 2.75) is 13.8 Å². The van der Waals surface area contributed by atoms with E-state index in [9.17, 15) is 0 Å². The molecule has 1 heteroatoms. The van der Waals surface area contributed by atoms with Crippen molar-refractivity contribution >= 4 is 38.5 Å². The van der Waals surface area contributed by atoms with E-state index in [4.69, 9.17) is 4.99 Å². The first-order valence-electron chi connectivity index (χ1n) is 17.8. The van der Waals surface area contributed by atoms with Gasteiger partial charge in [-0.3, -0.25) is 0 Å². The van der Waals surface area contributed by atoms with Crippen LogP contribution in [0.4, 0.5) is 0 Å². The van der Waals surface area contributed by atoms with Crippen LogP contribution < -0.4 is 0 Å². The molecule has 1 nitrogen and oxygen atoms in total. The Balaban J connectivity index is 1.14. The molecule has 0 saturated carbocycles. The molecule has 0 fully saturated rings. The van der Waals surface area contributed by atoms with E-state index >= 15 is 0 Å². The minimum atomic E-state index is 0.721. The topological polar surface area (TPSA) is 12.4 Å². The summed E-state index contributed by atoms with van der Waals surface area (Å²) in [7, 11) is 0. The van der Waals surface area contributed by atoms with Gasteiger partial charge in [-0.2, -0.15) is 0 Å². The van der Waals surface area contributed by atoms with E-state index in [2.05, 4.69) is 208 Å². The SMILES string of the molecule is C=C(N=C(/C=C(\C)c1ccc(-c2cccc3ccccc23)cc1)c1ccc(-c2cccc3ccccc23)cc1)c1ccc(-c2ccc(C)cc2)cc1. The van der Waals surface area contributed by atoms with Crippen LogP contribution in [0.3, 0.4) is 0 Å². The number of allylic oxidation sites excluding steroid dienone is 2. The number of fused-ring (bicyclic) bond motifs is 2. The number of hydrogen-bond donors (Lipinski definition) is 0. The molecule has 0 spiro atoms. The molecular formula is C51H39N. The third-order valence-electron chi connectivity index (χ3n) is 9.93. The molecule has 8 rings (SSSR count). The van der Waals surface area contributed by atoms with E-state index in [0.717, 1.165) is 33.7 Å². The number of benzene rings is 8. The summed E-state index contributed by atoms with van der Waals surface area (Å²) >= 11 is 0. The highest BCUT2D eigenvalue weighted by molar-refractivity contribution is 6.14. The molecule has 0 radical (unpaired) electrons. The van der Waals surface area contributed by atoms with Crippen molar-refractivity contribution in [3.8, 4) is 33.4 Å². The molecule has 52 heavy (non-hydrogen) atoms. The van der Waals surface area contributed by atoms with E-state index < -0.39 is 0 Å². The first-order chi connectivity index (χ1) is 25.5. The second kappa shape index (κ2) is 14.3. The van der Waals surface area contributed by atoms with Gasteiger partial charge in [-0.1, -0.05) is 194 Å². The standard InChI is InChI=1S/C51H39N/c1-35-18-20-40(21-19-35)41-26-24-39(25-27-41)37(3)52-51(46-32-30-45(31-33-46)50-17-9-13-43-11-5-7-15-48(43)50)34-36(2)38-22-28-44(29-23-38)49-16-8-12-42-10-4-6-14-47(42)49/h4-34H,3H2,1-2H3/b36-34+,52-51?. The average Bonchev–Trinajstić information content (AvgIpc) is 3.20. The minimum Gasteiger partial charge on any atom is -0.248 e. The second-order valence-electron chi connectivity index (χ2n) is 13.4. The van der Waals surface area contributed by atoms with Gasteiger partial charge >= 0.3 is 0 Å². The van der Waals surface area contributed by atoms with Gasteiger partial charge in [-0.05, 0) is 91.5 Å². The lowest BCUT2D eigenvalue weighted by atomic mass is 9.95. The first-order valence-corrected chi connectivity index (χ1v) is 17.8. The molecule has 0 saturated heterocycles. The van der Waals surface area contributed by atoms with Crippen LogP contribution in [-0.4, -0.2) is 5.71 Å². The fourth-order valence-electron chi connectivity index (χ4n) is 6.97. The van der Waals surface area contributed by atoms with Gasteiger partial charge in [0.15, 0.2) is 0 Å². The van der Waals surface area contributed by atoms with Gasteiger partial charge in [0, 0.05) is 5.56 Å². The molecule has 0 N–H and O–H groups in total. The summed E-state index contributed by atoms with van der Waals surface area (Å²) in [5.74, 6) is 0. The van der Waals surface area contributed by atoms with Gasteiger partial charge < -0.3 is 0 Å². The summed E-state index contributed by atoms with van der Waals surface area (Å²) in [4.78, 5) is 5.19. The summed E-state index contributed by atoms with van der Waals surface area (Å²) < 4.78 is 0. The number of hydrogen-bond acceptors (Lipinski definition) is 1. The molecule has 0 amide bonds. The zero-order valence-electron chi connectivity index (χ0n) is 29.6. The van der Waals surface area contributed by atoms with Crippen molar-refractivity contribution in [3.63, 3.8) is 0 Å². The largest absolute Gasteiger partial charge is 0.248 e. The predicted octanol–water partition coefficient (Wildman–Crippen LogP) is 13.9. The number of nitrogens with zero attached hydrogens (tertiary/aromatic N) is 1. The van der Waals surface area contributed by atoms with Crippen molar-refractivity contribution in [3.05, 3.63) is 217 Å². The second-order valence-corrected chi connectivity index (χ2v) is 13.4. The van der Waals surface area contributed by atoms with Gasteiger partial charge in [0.25, 0.3) is 0 Å². The van der Waals surface area contributed by atoms with Crippen LogP contribution >= 0.6 is 0 Å². The maximum absolute atomic E-state index is 5.19. The van der Waals surface area contributed by atoms with Gasteiger partial charge in [0.05, 0.1) is 11.4 Å². The van der Waals surface area contributed by atoms with Crippen LogP contribution in [0.5, 0.6) is 0 Å². The fraction of sp³-hybridized carbons (Fsp3) is 0.0392. The van der Waals surface area contributed by atoms with E-state index in [-0.39, 0.29) is 0 Å². The number of rotatable bonds is 8. The molecular weight excluding hydrogens is 627 g/mol. The average molecular weight is 666 g/mol. The van der Waals surface area contributed by atoms with Crippen molar-refractivity contribution in [2.75, 3.05) is 0 Å². The molecule has 0 aliphatic carbocycles. The molecule has 0 heterocycles. The highest BCUT2D eigenvalue weighted by Gasteiger charge is 2.10. The zero-order valence-corrected chi connectivity index (χ0v) is 29.6. The predicted molar refractivity (Wildman–Crippen MR) is 225 cm³/mol. The van der Waals surface area contributed by atoms with Crippen LogP contribution in [0.25, 0.3) is 66.2 Å². The molecule has 248 valence electrons. The smallest absolute Gasteiger partial charge is 0.0712 e. The lowest BCUT2D eigenvalue weighted by Crippen LogP contribution is -1.99. The van der Waals surface area contributed by atoms with Crippen LogP contribution in [0.1, 0.15) is 29.2 Å². The fourth-order valence-corrected chi connectivity index (χ4v) is 6.97. The van der Waals surface area contributed by atoms with Crippen LogP contribution in [0, 0.1) is 6.92 Å². The normalized spacial score (nSPS) is 12.0. The number of aryl methyl sites for hydroxylation is 1. The summed E-state index contributed by atoms with van der Waals surface area (Å²) in [5, 5.41) is 4.99. The Hall–Kier alpha value is -6.57. The zero-order chi connectivity index (χ0) is 35.4. The van der Waals surface area contributed by atoms with Crippen LogP contribution in [0.2, 0.25) is 0 Å². The van der Waals surface area contributed by atoms with Crippen molar-refractivity contribution in [2.24, 2.45) is 4.99 Å². The third kappa shape index (κ3) is 6.77. The Kier molecular flexibility index (Phi) is 9.00. The summed E-state index contributed by atoms with van der Waals surface area (Å²) in [6.45, 7) is 8.71. The number of aliphatic imine (C=N–C) groups is 1. The van der Waals surface area contributed by atoms with Gasteiger partial charge in [-0.25, -0.2) is 4.99 Å². The Labute approximate surface area is 306 Å². The maximum atomic E-state index is 5.19. The van der Waals surface area contributed by atoms with Crippen molar-refractivity contribution in [1.82, 2.24) is 0 Å². The summed E-state index contributed by atoms with van der Waals surface area (Å²) in [6, 6.07) is 64.9. The Morgan fingerprint density at radius 3 is 1.40 bits per heavy atom. The first kappa shape index (κ1) is 32.6. The van der Waals surface area contributed by atoms with Crippen molar-refractivity contribution < 1.29 is 0 Å². The molecule has 0 aromatic heterocycles. The summed E-state index contributed by atoms with van der Waals surface area (Å²) in [5.41, 5.74) is 14.4. The molecule has 0 unspecified atom stereocenters. The quantitative estimate of drug-likeness (QED) is 0.143. The van der Waals surface area contributed by atoms with Gasteiger partial charge in [0.2, 0.25) is 0 Å². The monoisotopic (exact) mass is 665 g/mol. The van der Waals surface area contributed by atoms with E-state index in [1.807, 2.05) is 0 Å². The lowest BCUT2D eigenvalue weighted by molar-refractivity contribution is 1.46. The molecule has 0 aliphatic rings. The van der Waals surface area contributed by atoms with Crippen LogP contribution in [-0.2, 0) is 0 Å². The van der Waals surface area contributed by atoms with E-state index in [1.54, 1.807) is 0 Å². The molecule has 0 atom stereocenters. The highest BCUT2D eigenvalue weighted by Crippen LogP contribution is 2.32. The highest BCUT2D eigenvalue weighted by atomic mass is 14.8. The van der Waals surface area contributed by atoms with Crippen LogP contribution in [0.15, 0.2) is 200 Å². The summed E-state index contributed by atoms with van der Waals surface area (Å²) in [6.07, 6.45) is 2.19. The Morgan fingerprint density at radius 1 is 0.442 bits per heavy atom. The third-order valence-corrected chi connectivity index (χ3v) is 9.93. The van der Waals surface area contributed by atoms with Crippen molar-refractivity contribution in [1.29, 1.82) is 0 Å². The van der Waals surface area contributed by atoms with E-state index in [0.29, 0.717) is 0 Å². The van der Waals surface area contributed by atoms with E-state index in [1.165, 1.54) is 60.5 Å². The lowest BCUT2D eigenvalue weighted by Gasteiger charge is -2.11. The molecule has 8 aromatic rings. The minimum absolute atomic E-state index is 0.721. The molecule has 0 bridgehead atoms. The molecule has 0 aliphatic heterocycles. The van der Waals surface area contributed by atoms with Gasteiger partial charge in [0.1, 0.15) is 0 Å². The molecule has 8 aromatic carbocycles. The van der Waals surface area contributed by atoms with Gasteiger partial charge in [-0.15, -0.1) is 0 Å². The Morgan fingerprint density at radius 2 is 0.865 bits per heavy atom. The maximum Gasteiger partial charge on any atom is 0.0712 e.